The summed E-state index contributed by atoms with van der Waals surface area (Å²) >= 11 is 0. The van der Waals surface area contributed by atoms with E-state index < -0.39 is 24.1 Å². The second-order valence-electron chi connectivity index (χ2n) is 6.65. The molecule has 0 unspecified atom stereocenters. The summed E-state index contributed by atoms with van der Waals surface area (Å²) in [5.74, 6) is -1.10. The van der Waals surface area contributed by atoms with E-state index in [1.54, 1.807) is 6.92 Å². The SMILES string of the molecule is C=CC(=O)OCCN(CC)C(=O)OCCCCCCOC(=O)N(CCOC(=O)C=C)COC. The van der Waals surface area contributed by atoms with Gasteiger partial charge < -0.3 is 28.6 Å². The molecule has 0 N–H and O–H groups in total. The lowest BCUT2D eigenvalue weighted by molar-refractivity contribution is -0.139. The van der Waals surface area contributed by atoms with Crippen molar-refractivity contribution in [2.75, 3.05) is 59.9 Å². The Morgan fingerprint density at radius 1 is 0.697 bits per heavy atom. The molecule has 11 heteroatoms. The second kappa shape index (κ2) is 19.6. The summed E-state index contributed by atoms with van der Waals surface area (Å²) in [5, 5.41) is 0. The molecule has 0 aliphatic heterocycles. The van der Waals surface area contributed by atoms with E-state index in [0.717, 1.165) is 25.0 Å². The van der Waals surface area contributed by atoms with Gasteiger partial charge in [0.2, 0.25) is 0 Å². The maximum absolute atomic E-state index is 12.1. The highest BCUT2D eigenvalue weighted by Crippen LogP contribution is 2.04. The molecule has 0 aromatic rings. The molecule has 188 valence electrons. The van der Waals surface area contributed by atoms with Gasteiger partial charge in [0.1, 0.15) is 19.9 Å². The summed E-state index contributed by atoms with van der Waals surface area (Å²) in [6.07, 6.45) is 4.01. The van der Waals surface area contributed by atoms with Gasteiger partial charge in [-0.05, 0) is 32.6 Å². The monoisotopic (exact) mass is 472 g/mol. The number of nitrogens with zero attached hydrogens (tertiary/aromatic N) is 2. The van der Waals surface area contributed by atoms with Gasteiger partial charge in [-0.3, -0.25) is 4.90 Å². The van der Waals surface area contributed by atoms with Crippen LogP contribution in [0.5, 0.6) is 0 Å². The Morgan fingerprint density at radius 2 is 1.15 bits per heavy atom. The Labute approximate surface area is 195 Å². The van der Waals surface area contributed by atoms with E-state index in [0.29, 0.717) is 19.4 Å². The lowest BCUT2D eigenvalue weighted by Crippen LogP contribution is -2.36. The van der Waals surface area contributed by atoms with Gasteiger partial charge in [0.25, 0.3) is 0 Å². The van der Waals surface area contributed by atoms with E-state index in [1.807, 2.05) is 0 Å². The molecule has 0 aromatic carbocycles. The minimum atomic E-state index is -0.567. The van der Waals surface area contributed by atoms with E-state index in [4.69, 9.17) is 23.7 Å². The molecule has 0 rings (SSSR count). The number of amides is 2. The van der Waals surface area contributed by atoms with Crippen LogP contribution < -0.4 is 0 Å². The molecule has 0 aliphatic rings. The first kappa shape index (κ1) is 29.9. The normalized spacial score (nSPS) is 10.0. The van der Waals surface area contributed by atoms with Gasteiger partial charge in [0, 0.05) is 25.8 Å². The number of unbranched alkanes of at least 4 members (excludes halogenated alkanes) is 3. The van der Waals surface area contributed by atoms with Crippen LogP contribution in [-0.4, -0.2) is 93.8 Å². The quantitative estimate of drug-likeness (QED) is 0.0974. The average Bonchev–Trinajstić information content (AvgIpc) is 2.82. The van der Waals surface area contributed by atoms with Crippen LogP contribution in [0.15, 0.2) is 25.3 Å². The van der Waals surface area contributed by atoms with E-state index in [1.165, 1.54) is 16.9 Å². The topological polar surface area (TPSA) is 121 Å². The van der Waals surface area contributed by atoms with Crippen LogP contribution in [0.1, 0.15) is 32.6 Å². The van der Waals surface area contributed by atoms with Crippen LogP contribution in [0, 0.1) is 0 Å². The summed E-state index contributed by atoms with van der Waals surface area (Å²) in [6.45, 7) is 9.84. The molecule has 0 radical (unpaired) electrons. The number of hydrogen-bond acceptors (Lipinski definition) is 9. The third-order valence-corrected chi connectivity index (χ3v) is 4.22. The van der Waals surface area contributed by atoms with E-state index in [9.17, 15) is 19.2 Å². The maximum atomic E-state index is 12.1. The van der Waals surface area contributed by atoms with Crippen LogP contribution in [0.4, 0.5) is 9.59 Å². The van der Waals surface area contributed by atoms with Crippen molar-refractivity contribution < 1.29 is 42.9 Å². The molecule has 0 atom stereocenters. The first-order valence-electron chi connectivity index (χ1n) is 10.8. The van der Waals surface area contributed by atoms with Crippen LogP contribution in [0.25, 0.3) is 0 Å². The first-order valence-corrected chi connectivity index (χ1v) is 10.8. The van der Waals surface area contributed by atoms with Crippen LogP contribution in [-0.2, 0) is 33.3 Å². The fraction of sp³-hybridized carbons (Fsp3) is 0.636. The number of carbonyl (C=O) groups excluding carboxylic acids is 4. The smallest absolute Gasteiger partial charge is 0.411 e. The molecule has 0 saturated heterocycles. The lowest BCUT2D eigenvalue weighted by atomic mass is 10.2. The minimum Gasteiger partial charge on any atom is -0.461 e. The second-order valence-corrected chi connectivity index (χ2v) is 6.65. The largest absolute Gasteiger partial charge is 0.461 e. The van der Waals surface area contributed by atoms with Crippen molar-refractivity contribution in [3.63, 3.8) is 0 Å². The van der Waals surface area contributed by atoms with Crippen molar-refractivity contribution >= 4 is 24.1 Å². The molecule has 0 spiro atoms. The van der Waals surface area contributed by atoms with Gasteiger partial charge in [0.15, 0.2) is 0 Å². The molecule has 2 amide bonds. The predicted octanol–water partition coefficient (Wildman–Crippen LogP) is 2.51. The molecule has 0 heterocycles. The third kappa shape index (κ3) is 15.4. The Balaban J connectivity index is 3.92. The molecule has 0 saturated carbocycles. The summed E-state index contributed by atoms with van der Waals surface area (Å²) in [6, 6.07) is 0. The van der Waals surface area contributed by atoms with Gasteiger partial charge in [-0.15, -0.1) is 0 Å². The number of likely N-dealkylation sites (N-methyl/N-ethyl adjacent to an activating group) is 1. The standard InChI is InChI=1S/C22H36N2O9/c1-5-19(25)30-16-12-23(7-3)21(27)32-14-10-8-9-11-15-33-22(28)24(18-29-4)13-17-31-20(26)6-2/h5-6H,1-2,7-18H2,3-4H3. The zero-order chi connectivity index (χ0) is 24.9. The number of esters is 2. The van der Waals surface area contributed by atoms with E-state index in [2.05, 4.69) is 13.2 Å². The number of hydrogen-bond donors (Lipinski definition) is 0. The summed E-state index contributed by atoms with van der Waals surface area (Å²) < 4.78 is 25.1. The van der Waals surface area contributed by atoms with Crippen LogP contribution in [0.2, 0.25) is 0 Å². The summed E-state index contributed by atoms with van der Waals surface area (Å²) in [5.41, 5.74) is 0. The number of methoxy groups -OCH3 is 1. The van der Waals surface area contributed by atoms with Gasteiger partial charge in [-0.25, -0.2) is 19.2 Å². The van der Waals surface area contributed by atoms with Gasteiger partial charge >= 0.3 is 24.1 Å². The lowest BCUT2D eigenvalue weighted by Gasteiger charge is -2.21. The molecule has 0 aromatic heterocycles. The van der Waals surface area contributed by atoms with Crippen molar-refractivity contribution in [3.05, 3.63) is 25.3 Å². The highest BCUT2D eigenvalue weighted by molar-refractivity contribution is 5.81. The highest BCUT2D eigenvalue weighted by Gasteiger charge is 2.15. The highest BCUT2D eigenvalue weighted by atomic mass is 16.6. The molecule has 0 bridgehead atoms. The molecular weight excluding hydrogens is 436 g/mol. The molecule has 33 heavy (non-hydrogen) atoms. The average molecular weight is 473 g/mol. The van der Waals surface area contributed by atoms with Crippen molar-refractivity contribution in [2.45, 2.75) is 32.6 Å². The number of ether oxygens (including phenoxy) is 5. The van der Waals surface area contributed by atoms with Crippen molar-refractivity contribution in [3.8, 4) is 0 Å². The molecule has 0 fully saturated rings. The predicted molar refractivity (Wildman–Crippen MR) is 119 cm³/mol. The Hall–Kier alpha value is -3.08. The fourth-order valence-corrected chi connectivity index (χ4v) is 2.43. The van der Waals surface area contributed by atoms with Crippen LogP contribution >= 0.6 is 0 Å². The van der Waals surface area contributed by atoms with Crippen molar-refractivity contribution in [1.82, 2.24) is 9.80 Å². The molecule has 0 aliphatic carbocycles. The number of rotatable bonds is 18. The fourth-order valence-electron chi connectivity index (χ4n) is 2.43. The van der Waals surface area contributed by atoms with Gasteiger partial charge in [-0.1, -0.05) is 13.2 Å². The molecular formula is C22H36N2O9. The zero-order valence-corrected chi connectivity index (χ0v) is 19.6. The van der Waals surface area contributed by atoms with E-state index >= 15 is 0 Å². The zero-order valence-electron chi connectivity index (χ0n) is 19.6. The summed E-state index contributed by atoms with van der Waals surface area (Å²) in [7, 11) is 1.44. The third-order valence-electron chi connectivity index (χ3n) is 4.22. The Morgan fingerprint density at radius 3 is 1.58 bits per heavy atom. The van der Waals surface area contributed by atoms with Crippen LogP contribution in [0.3, 0.4) is 0 Å². The Kier molecular flexibility index (Phi) is 17.8. The first-order chi connectivity index (χ1) is 15.9. The van der Waals surface area contributed by atoms with Crippen molar-refractivity contribution in [1.29, 1.82) is 0 Å². The maximum Gasteiger partial charge on any atom is 0.411 e. The van der Waals surface area contributed by atoms with Crippen molar-refractivity contribution in [2.24, 2.45) is 0 Å². The summed E-state index contributed by atoms with van der Waals surface area (Å²) in [4.78, 5) is 48.9. The van der Waals surface area contributed by atoms with Gasteiger partial charge in [0.05, 0.1) is 26.3 Å². The Bertz CT molecular complexity index is 625. The molecule has 11 nitrogen and oxygen atoms in total. The van der Waals surface area contributed by atoms with E-state index in [-0.39, 0.29) is 46.2 Å². The van der Waals surface area contributed by atoms with Gasteiger partial charge in [-0.2, -0.15) is 0 Å². The minimum absolute atomic E-state index is 0.0114. The number of carbonyl (C=O) groups is 4.